The van der Waals surface area contributed by atoms with Crippen molar-refractivity contribution >= 4 is 11.8 Å². The van der Waals surface area contributed by atoms with Gasteiger partial charge in [-0.3, -0.25) is 9.59 Å². The fourth-order valence-corrected chi connectivity index (χ4v) is 4.32. The summed E-state index contributed by atoms with van der Waals surface area (Å²) in [4.78, 5) is 26.4. The maximum atomic E-state index is 13.3. The van der Waals surface area contributed by atoms with Gasteiger partial charge >= 0.3 is 5.97 Å². The van der Waals surface area contributed by atoms with Crippen molar-refractivity contribution < 1.29 is 38.4 Å². The van der Waals surface area contributed by atoms with E-state index in [4.69, 9.17) is 23.7 Å². The number of hydrogen-bond acceptors (Lipinski definition) is 8. The van der Waals surface area contributed by atoms with Crippen molar-refractivity contribution in [3.8, 4) is 23.0 Å². The maximum Gasteiger partial charge on any atom is 0.314 e. The van der Waals surface area contributed by atoms with Gasteiger partial charge in [0.2, 0.25) is 5.75 Å². The lowest BCUT2D eigenvalue weighted by Crippen LogP contribution is -2.35. The molecular formula is C25H28O8. The van der Waals surface area contributed by atoms with E-state index < -0.39 is 23.6 Å². The molecule has 8 nitrogen and oxygen atoms in total. The number of fused-ring (bicyclic) bond motifs is 1. The van der Waals surface area contributed by atoms with Crippen LogP contribution in [-0.2, 0) is 9.53 Å². The smallest absolute Gasteiger partial charge is 0.314 e. The molecule has 33 heavy (non-hydrogen) atoms. The van der Waals surface area contributed by atoms with Crippen molar-refractivity contribution in [1.82, 2.24) is 0 Å². The normalized spacial score (nSPS) is 18.5. The summed E-state index contributed by atoms with van der Waals surface area (Å²) in [5, 5.41) is 10.0. The van der Waals surface area contributed by atoms with Crippen LogP contribution in [0.1, 0.15) is 39.9 Å². The van der Waals surface area contributed by atoms with E-state index in [-0.39, 0.29) is 12.2 Å². The number of carbonyl (C=O) groups excluding carboxylic acids is 2. The first-order valence-corrected chi connectivity index (χ1v) is 10.4. The SMILES string of the molecule is CCOC(=O)[C@@H]1C(=CO)C(=O)c2cc(C)c(OC)cc2[C@H]1c1cc(OC)c(OC)c(OC)c1. The van der Waals surface area contributed by atoms with Crippen molar-refractivity contribution in [2.45, 2.75) is 19.8 Å². The van der Waals surface area contributed by atoms with Crippen LogP contribution in [0.5, 0.6) is 23.0 Å². The van der Waals surface area contributed by atoms with Crippen LogP contribution in [-0.4, -0.2) is 51.9 Å². The van der Waals surface area contributed by atoms with Crippen molar-refractivity contribution in [2.24, 2.45) is 5.92 Å². The Morgan fingerprint density at radius 3 is 2.06 bits per heavy atom. The molecule has 1 aliphatic carbocycles. The predicted molar refractivity (Wildman–Crippen MR) is 121 cm³/mol. The van der Waals surface area contributed by atoms with E-state index in [1.165, 1.54) is 28.4 Å². The molecule has 8 heteroatoms. The van der Waals surface area contributed by atoms with Gasteiger partial charge in [-0.15, -0.1) is 0 Å². The van der Waals surface area contributed by atoms with Crippen LogP contribution in [0.25, 0.3) is 0 Å². The lowest BCUT2D eigenvalue weighted by atomic mass is 9.68. The number of esters is 1. The van der Waals surface area contributed by atoms with Gasteiger partial charge in [-0.05, 0) is 54.8 Å². The van der Waals surface area contributed by atoms with Gasteiger partial charge in [-0.25, -0.2) is 0 Å². The van der Waals surface area contributed by atoms with E-state index in [9.17, 15) is 14.7 Å². The molecule has 2 aromatic rings. The molecule has 0 heterocycles. The molecule has 1 aliphatic rings. The average molecular weight is 456 g/mol. The summed E-state index contributed by atoms with van der Waals surface area (Å²) in [7, 11) is 6.02. The molecule has 0 aromatic heterocycles. The number of aliphatic hydroxyl groups is 1. The highest BCUT2D eigenvalue weighted by Crippen LogP contribution is 2.49. The minimum atomic E-state index is -1.09. The van der Waals surface area contributed by atoms with Gasteiger partial charge in [0, 0.05) is 17.1 Å². The fraction of sp³-hybridized carbons (Fsp3) is 0.360. The molecule has 0 amide bonds. The zero-order valence-corrected chi connectivity index (χ0v) is 19.6. The molecular weight excluding hydrogens is 428 g/mol. The van der Waals surface area contributed by atoms with E-state index in [1.54, 1.807) is 31.2 Å². The number of carbonyl (C=O) groups is 2. The van der Waals surface area contributed by atoms with Crippen LogP contribution < -0.4 is 18.9 Å². The predicted octanol–water partition coefficient (Wildman–Crippen LogP) is 3.98. The Kier molecular flexibility index (Phi) is 7.16. The Balaban J connectivity index is 2.39. The molecule has 0 unspecified atom stereocenters. The molecule has 0 radical (unpaired) electrons. The molecule has 0 saturated heterocycles. The third kappa shape index (κ3) is 4.08. The van der Waals surface area contributed by atoms with E-state index in [0.29, 0.717) is 46.0 Å². The number of ketones is 1. The van der Waals surface area contributed by atoms with Crippen molar-refractivity contribution in [2.75, 3.05) is 35.0 Å². The number of ether oxygens (including phenoxy) is 5. The lowest BCUT2D eigenvalue weighted by molar-refractivity contribution is -0.147. The van der Waals surface area contributed by atoms with Gasteiger partial charge in [0.05, 0.1) is 47.2 Å². The highest BCUT2D eigenvalue weighted by atomic mass is 16.5. The van der Waals surface area contributed by atoms with Gasteiger partial charge in [0.15, 0.2) is 17.3 Å². The minimum Gasteiger partial charge on any atom is -0.515 e. The summed E-state index contributed by atoms with van der Waals surface area (Å²) in [5.41, 5.74) is 2.25. The number of aliphatic hydroxyl groups excluding tert-OH is 1. The second kappa shape index (κ2) is 9.85. The topological polar surface area (TPSA) is 101 Å². The van der Waals surface area contributed by atoms with Crippen LogP contribution in [0.15, 0.2) is 36.1 Å². The van der Waals surface area contributed by atoms with Crippen LogP contribution in [0.3, 0.4) is 0 Å². The number of hydrogen-bond donors (Lipinski definition) is 1. The Morgan fingerprint density at radius 1 is 0.970 bits per heavy atom. The highest BCUT2D eigenvalue weighted by Gasteiger charge is 2.45. The van der Waals surface area contributed by atoms with Gasteiger partial charge < -0.3 is 28.8 Å². The highest BCUT2D eigenvalue weighted by molar-refractivity contribution is 6.14. The van der Waals surface area contributed by atoms with Crippen LogP contribution in [0.4, 0.5) is 0 Å². The van der Waals surface area contributed by atoms with E-state index in [0.717, 1.165) is 5.56 Å². The average Bonchev–Trinajstić information content (AvgIpc) is 2.82. The largest absolute Gasteiger partial charge is 0.515 e. The monoisotopic (exact) mass is 456 g/mol. The van der Waals surface area contributed by atoms with Gasteiger partial charge in [0.25, 0.3) is 0 Å². The molecule has 1 N–H and O–H groups in total. The number of benzene rings is 2. The number of rotatable bonds is 7. The molecule has 2 atom stereocenters. The molecule has 176 valence electrons. The van der Waals surface area contributed by atoms with E-state index in [1.807, 2.05) is 6.92 Å². The Morgan fingerprint density at radius 2 is 1.58 bits per heavy atom. The molecule has 2 aromatic carbocycles. The second-order valence-electron chi connectivity index (χ2n) is 7.49. The lowest BCUT2D eigenvalue weighted by Gasteiger charge is -2.34. The maximum absolute atomic E-state index is 13.3. The van der Waals surface area contributed by atoms with E-state index in [2.05, 4.69) is 0 Å². The van der Waals surface area contributed by atoms with E-state index >= 15 is 0 Å². The third-order valence-electron chi connectivity index (χ3n) is 5.80. The fourth-order valence-electron chi connectivity index (χ4n) is 4.32. The molecule has 0 saturated carbocycles. The van der Waals surface area contributed by atoms with Crippen molar-refractivity contribution in [3.63, 3.8) is 0 Å². The first-order chi connectivity index (χ1) is 15.9. The standard InChI is InChI=1S/C25H28O8/c1-7-33-25(28)22-17(12-26)23(27)16-8-13(2)18(29-3)11-15(16)21(22)14-9-19(30-4)24(32-6)20(10-14)31-5/h8-12,21-22,26H,7H2,1-6H3/t21-,22-/m1/s1. The summed E-state index contributed by atoms with van der Waals surface area (Å²) in [6, 6.07) is 6.89. The van der Waals surface area contributed by atoms with Crippen LogP contribution >= 0.6 is 0 Å². The Labute approximate surface area is 192 Å². The first-order valence-electron chi connectivity index (χ1n) is 10.4. The Bertz CT molecular complexity index is 1080. The second-order valence-corrected chi connectivity index (χ2v) is 7.49. The third-order valence-corrected chi connectivity index (χ3v) is 5.80. The molecule has 0 fully saturated rings. The number of methoxy groups -OCH3 is 4. The summed E-state index contributed by atoms with van der Waals surface area (Å²) in [5.74, 6) is -1.12. The molecule has 0 spiro atoms. The first kappa shape index (κ1) is 24.0. The summed E-state index contributed by atoms with van der Waals surface area (Å²) >= 11 is 0. The Hall–Kier alpha value is -3.68. The quantitative estimate of drug-likeness (QED) is 0.379. The zero-order chi connectivity index (χ0) is 24.3. The van der Waals surface area contributed by atoms with Crippen molar-refractivity contribution in [1.29, 1.82) is 0 Å². The van der Waals surface area contributed by atoms with Gasteiger partial charge in [-0.2, -0.15) is 0 Å². The van der Waals surface area contributed by atoms with Gasteiger partial charge in [0.1, 0.15) is 5.75 Å². The molecule has 3 rings (SSSR count). The number of Topliss-reactive ketones (excluding diaryl/α,β-unsaturated/α-hetero) is 1. The molecule has 0 bridgehead atoms. The van der Waals surface area contributed by atoms with Crippen LogP contribution in [0, 0.1) is 12.8 Å². The molecule has 0 aliphatic heterocycles. The minimum absolute atomic E-state index is 0.0516. The number of aryl methyl sites for hydroxylation is 1. The van der Waals surface area contributed by atoms with Crippen molar-refractivity contribution in [3.05, 3.63) is 58.4 Å². The zero-order valence-electron chi connectivity index (χ0n) is 19.6. The summed E-state index contributed by atoms with van der Waals surface area (Å²) < 4.78 is 27.2. The van der Waals surface area contributed by atoms with Gasteiger partial charge in [-0.1, -0.05) is 0 Å². The van der Waals surface area contributed by atoms with Crippen LogP contribution in [0.2, 0.25) is 0 Å². The summed E-state index contributed by atoms with van der Waals surface area (Å²) in [6.07, 6.45) is 0.692. The summed E-state index contributed by atoms with van der Waals surface area (Å²) in [6.45, 7) is 3.62.